The lowest BCUT2D eigenvalue weighted by molar-refractivity contribution is 0.198. The number of ether oxygens (including phenoxy) is 1. The van der Waals surface area contributed by atoms with E-state index < -0.39 is 6.10 Å². The molecule has 1 N–H and O–H groups in total. The fourth-order valence-corrected chi connectivity index (χ4v) is 2.04. The van der Waals surface area contributed by atoms with Crippen molar-refractivity contribution in [3.8, 4) is 11.6 Å². The van der Waals surface area contributed by atoms with Crippen LogP contribution in [0.4, 0.5) is 0 Å². The van der Waals surface area contributed by atoms with Crippen LogP contribution >= 0.6 is 0 Å². The van der Waals surface area contributed by atoms with Gasteiger partial charge in [-0.1, -0.05) is 32.9 Å². The van der Waals surface area contributed by atoms with Gasteiger partial charge in [0, 0.05) is 12.3 Å². The number of hydrogen-bond donors (Lipinski definition) is 1. The van der Waals surface area contributed by atoms with Crippen LogP contribution in [0.3, 0.4) is 0 Å². The minimum Gasteiger partial charge on any atom is -0.439 e. The first-order valence-corrected chi connectivity index (χ1v) is 7.20. The molecule has 1 heterocycles. The van der Waals surface area contributed by atoms with Gasteiger partial charge in [-0.25, -0.2) is 4.98 Å². The lowest BCUT2D eigenvalue weighted by atomic mass is 9.86. The van der Waals surface area contributed by atoms with Crippen molar-refractivity contribution in [1.82, 2.24) is 4.98 Å². The SMILES string of the molecule is Cc1cc(C(C)(C)C)ccc1Oc1ccc(C(C)O)cn1. The molecule has 0 spiro atoms. The van der Waals surface area contributed by atoms with Gasteiger partial charge in [-0.2, -0.15) is 0 Å². The Labute approximate surface area is 126 Å². The highest BCUT2D eigenvalue weighted by Gasteiger charge is 2.15. The summed E-state index contributed by atoms with van der Waals surface area (Å²) in [6.45, 7) is 10.3. The molecule has 0 aliphatic rings. The molecule has 0 radical (unpaired) electrons. The molecule has 2 rings (SSSR count). The maximum atomic E-state index is 9.47. The summed E-state index contributed by atoms with van der Waals surface area (Å²) in [6.07, 6.45) is 1.12. The molecule has 1 aromatic heterocycles. The van der Waals surface area contributed by atoms with Gasteiger partial charge in [0.15, 0.2) is 0 Å². The van der Waals surface area contributed by atoms with E-state index in [1.165, 1.54) is 5.56 Å². The second kappa shape index (κ2) is 5.86. The average molecular weight is 285 g/mol. The molecular weight excluding hydrogens is 262 g/mol. The Hall–Kier alpha value is -1.87. The third-order valence-corrected chi connectivity index (χ3v) is 3.50. The van der Waals surface area contributed by atoms with Crippen LogP contribution in [-0.2, 0) is 5.41 Å². The molecule has 0 aliphatic carbocycles. The lowest BCUT2D eigenvalue weighted by Crippen LogP contribution is -2.11. The Morgan fingerprint density at radius 3 is 2.33 bits per heavy atom. The highest BCUT2D eigenvalue weighted by Crippen LogP contribution is 2.29. The summed E-state index contributed by atoms with van der Waals surface area (Å²) in [7, 11) is 0. The lowest BCUT2D eigenvalue weighted by Gasteiger charge is -2.20. The molecule has 0 amide bonds. The maximum absolute atomic E-state index is 9.47. The van der Waals surface area contributed by atoms with Crippen molar-refractivity contribution >= 4 is 0 Å². The van der Waals surface area contributed by atoms with Crippen molar-refractivity contribution in [2.75, 3.05) is 0 Å². The maximum Gasteiger partial charge on any atom is 0.219 e. The van der Waals surface area contributed by atoms with Crippen LogP contribution in [0.15, 0.2) is 36.5 Å². The molecule has 112 valence electrons. The van der Waals surface area contributed by atoms with Crippen LogP contribution in [-0.4, -0.2) is 10.1 Å². The Kier molecular flexibility index (Phi) is 4.33. The van der Waals surface area contributed by atoms with Gasteiger partial charge >= 0.3 is 0 Å². The highest BCUT2D eigenvalue weighted by molar-refractivity contribution is 5.40. The first-order valence-electron chi connectivity index (χ1n) is 7.20. The average Bonchev–Trinajstić information content (AvgIpc) is 2.40. The molecule has 0 fully saturated rings. The summed E-state index contributed by atoms with van der Waals surface area (Å²) in [5, 5.41) is 9.47. The van der Waals surface area contributed by atoms with Gasteiger partial charge in [-0.05, 0) is 48.1 Å². The van der Waals surface area contributed by atoms with Crippen LogP contribution in [0, 0.1) is 6.92 Å². The van der Waals surface area contributed by atoms with Gasteiger partial charge in [0.25, 0.3) is 0 Å². The zero-order valence-corrected chi connectivity index (χ0v) is 13.3. The number of aromatic nitrogens is 1. The second-order valence-corrected chi connectivity index (χ2v) is 6.44. The van der Waals surface area contributed by atoms with E-state index in [2.05, 4.69) is 37.9 Å². The van der Waals surface area contributed by atoms with Crippen LogP contribution in [0.1, 0.15) is 50.5 Å². The minimum absolute atomic E-state index is 0.125. The molecule has 3 nitrogen and oxygen atoms in total. The smallest absolute Gasteiger partial charge is 0.219 e. The predicted molar refractivity (Wildman–Crippen MR) is 84.8 cm³/mol. The van der Waals surface area contributed by atoms with Crippen molar-refractivity contribution in [2.24, 2.45) is 0 Å². The van der Waals surface area contributed by atoms with Gasteiger partial charge in [0.1, 0.15) is 5.75 Å². The zero-order chi connectivity index (χ0) is 15.6. The summed E-state index contributed by atoms with van der Waals surface area (Å²) < 4.78 is 5.82. The summed E-state index contributed by atoms with van der Waals surface area (Å²) in [6, 6.07) is 9.83. The number of hydrogen-bond acceptors (Lipinski definition) is 3. The van der Waals surface area contributed by atoms with Crippen LogP contribution in [0.25, 0.3) is 0 Å². The van der Waals surface area contributed by atoms with Crippen molar-refractivity contribution in [2.45, 2.75) is 46.1 Å². The summed E-state index contributed by atoms with van der Waals surface area (Å²) in [5.74, 6) is 1.34. The molecule has 0 saturated carbocycles. The normalized spacial score (nSPS) is 13.0. The zero-order valence-electron chi connectivity index (χ0n) is 13.3. The summed E-state index contributed by atoms with van der Waals surface area (Å²) in [4.78, 5) is 4.23. The van der Waals surface area contributed by atoms with E-state index in [0.717, 1.165) is 16.9 Å². The summed E-state index contributed by atoms with van der Waals surface area (Å²) >= 11 is 0. The summed E-state index contributed by atoms with van der Waals surface area (Å²) in [5.41, 5.74) is 3.27. The van der Waals surface area contributed by atoms with Crippen LogP contribution < -0.4 is 4.74 Å². The van der Waals surface area contributed by atoms with Gasteiger partial charge in [-0.3, -0.25) is 0 Å². The van der Waals surface area contributed by atoms with Crippen LogP contribution in [0.2, 0.25) is 0 Å². The van der Waals surface area contributed by atoms with E-state index in [1.807, 2.05) is 19.1 Å². The van der Waals surface area contributed by atoms with E-state index in [1.54, 1.807) is 19.2 Å². The van der Waals surface area contributed by atoms with E-state index in [9.17, 15) is 5.11 Å². The molecule has 0 aliphatic heterocycles. The van der Waals surface area contributed by atoms with Crippen molar-refractivity contribution in [3.63, 3.8) is 0 Å². The Bertz CT molecular complexity index is 610. The van der Waals surface area contributed by atoms with E-state index in [4.69, 9.17) is 4.74 Å². The topological polar surface area (TPSA) is 42.4 Å². The standard InChI is InChI=1S/C18H23NO2/c1-12-10-15(18(3,4)5)7-8-16(12)21-17-9-6-14(11-19-17)13(2)20/h6-11,13,20H,1-5H3. The Morgan fingerprint density at radius 2 is 1.86 bits per heavy atom. The van der Waals surface area contributed by atoms with Gasteiger partial charge in [0.05, 0.1) is 6.10 Å². The van der Waals surface area contributed by atoms with Crippen molar-refractivity contribution < 1.29 is 9.84 Å². The van der Waals surface area contributed by atoms with E-state index in [-0.39, 0.29) is 5.41 Å². The Morgan fingerprint density at radius 1 is 1.14 bits per heavy atom. The Balaban J connectivity index is 2.20. The molecular formula is C18H23NO2. The molecule has 1 unspecified atom stereocenters. The molecule has 2 aromatic rings. The predicted octanol–water partition coefficient (Wildman–Crippen LogP) is 4.53. The number of nitrogens with zero attached hydrogens (tertiary/aromatic N) is 1. The van der Waals surface area contributed by atoms with Gasteiger partial charge in [-0.15, -0.1) is 0 Å². The quantitative estimate of drug-likeness (QED) is 0.900. The number of aliphatic hydroxyl groups is 1. The molecule has 3 heteroatoms. The van der Waals surface area contributed by atoms with Crippen molar-refractivity contribution in [1.29, 1.82) is 0 Å². The monoisotopic (exact) mass is 285 g/mol. The third kappa shape index (κ3) is 3.82. The van der Waals surface area contributed by atoms with Gasteiger partial charge < -0.3 is 9.84 Å². The highest BCUT2D eigenvalue weighted by atomic mass is 16.5. The van der Waals surface area contributed by atoms with Gasteiger partial charge in [0.2, 0.25) is 5.88 Å². The largest absolute Gasteiger partial charge is 0.439 e. The van der Waals surface area contributed by atoms with E-state index in [0.29, 0.717) is 5.88 Å². The number of pyridine rings is 1. The number of aryl methyl sites for hydroxylation is 1. The molecule has 1 aromatic carbocycles. The molecule has 1 atom stereocenters. The van der Waals surface area contributed by atoms with Crippen LogP contribution in [0.5, 0.6) is 11.6 Å². The number of aliphatic hydroxyl groups excluding tert-OH is 1. The van der Waals surface area contributed by atoms with Crippen molar-refractivity contribution in [3.05, 3.63) is 53.2 Å². The fraction of sp³-hybridized carbons (Fsp3) is 0.389. The number of benzene rings is 1. The molecule has 0 saturated heterocycles. The minimum atomic E-state index is -0.514. The fourth-order valence-electron chi connectivity index (χ4n) is 2.04. The first kappa shape index (κ1) is 15.5. The second-order valence-electron chi connectivity index (χ2n) is 6.44. The first-order chi connectivity index (χ1) is 9.77. The van der Waals surface area contributed by atoms with E-state index >= 15 is 0 Å². The molecule has 21 heavy (non-hydrogen) atoms. The third-order valence-electron chi connectivity index (χ3n) is 3.50. The number of rotatable bonds is 3. The molecule has 0 bridgehead atoms.